The molecule has 1 aliphatic heterocycles. The van der Waals surface area contributed by atoms with Crippen LogP contribution in [0.1, 0.15) is 5.56 Å². The molecule has 0 spiro atoms. The van der Waals surface area contributed by atoms with Gasteiger partial charge in [-0.1, -0.05) is 6.07 Å². The van der Waals surface area contributed by atoms with Crippen LogP contribution >= 0.6 is 15.9 Å². The molecular weight excluding hydrogens is 361 g/mol. The first-order chi connectivity index (χ1) is 11.2. The van der Waals surface area contributed by atoms with E-state index in [0.29, 0.717) is 5.75 Å². The quantitative estimate of drug-likeness (QED) is 0.814. The molecule has 0 bridgehead atoms. The van der Waals surface area contributed by atoms with Gasteiger partial charge in [0.15, 0.2) is 11.6 Å². The first-order valence-corrected chi connectivity index (χ1v) is 8.36. The van der Waals surface area contributed by atoms with Gasteiger partial charge in [0.25, 0.3) is 0 Å². The Bertz CT molecular complexity index is 657. The second-order valence-electron chi connectivity index (χ2n) is 5.57. The van der Waals surface area contributed by atoms with Crippen LogP contribution in [0.3, 0.4) is 0 Å². The number of hydrogen-bond donors (Lipinski definition) is 0. The summed E-state index contributed by atoms with van der Waals surface area (Å²) < 4.78 is 19.7. The minimum atomic E-state index is -0.303. The van der Waals surface area contributed by atoms with Crippen LogP contribution in [-0.4, -0.2) is 43.2 Å². The van der Waals surface area contributed by atoms with E-state index in [0.717, 1.165) is 48.6 Å². The third-order valence-corrected chi connectivity index (χ3v) is 4.50. The van der Waals surface area contributed by atoms with Crippen molar-refractivity contribution in [3.8, 4) is 5.75 Å². The molecule has 1 saturated heterocycles. The number of pyridine rings is 1. The summed E-state index contributed by atoms with van der Waals surface area (Å²) in [6.07, 6.45) is 1.82. The van der Waals surface area contributed by atoms with Gasteiger partial charge in [-0.05, 0) is 45.8 Å². The molecule has 1 aromatic carbocycles. The topological polar surface area (TPSA) is 28.6 Å². The van der Waals surface area contributed by atoms with Gasteiger partial charge in [0, 0.05) is 43.4 Å². The highest BCUT2D eigenvalue weighted by Crippen LogP contribution is 2.20. The fourth-order valence-corrected chi connectivity index (χ4v) is 2.99. The maximum atomic E-state index is 13.8. The third-order valence-electron chi connectivity index (χ3n) is 4.03. The number of benzene rings is 1. The van der Waals surface area contributed by atoms with Crippen LogP contribution in [-0.2, 0) is 6.54 Å². The Kier molecular flexibility index (Phi) is 5.13. The van der Waals surface area contributed by atoms with Crippen molar-refractivity contribution in [1.82, 2.24) is 9.88 Å². The van der Waals surface area contributed by atoms with Gasteiger partial charge < -0.3 is 9.64 Å². The number of halogens is 2. The second kappa shape index (κ2) is 7.27. The number of methoxy groups -OCH3 is 1. The van der Waals surface area contributed by atoms with Crippen molar-refractivity contribution in [2.24, 2.45) is 0 Å². The first kappa shape index (κ1) is 16.2. The van der Waals surface area contributed by atoms with Crippen molar-refractivity contribution in [1.29, 1.82) is 0 Å². The zero-order valence-corrected chi connectivity index (χ0v) is 14.6. The van der Waals surface area contributed by atoms with E-state index in [1.54, 1.807) is 12.1 Å². The Labute approximate surface area is 144 Å². The number of hydrogen-bond acceptors (Lipinski definition) is 4. The molecule has 2 heterocycles. The fraction of sp³-hybridized carbons (Fsp3) is 0.353. The second-order valence-corrected chi connectivity index (χ2v) is 6.48. The summed E-state index contributed by atoms with van der Waals surface area (Å²) in [6.45, 7) is 4.47. The van der Waals surface area contributed by atoms with Gasteiger partial charge in [-0.3, -0.25) is 4.90 Å². The summed E-state index contributed by atoms with van der Waals surface area (Å²) in [5.74, 6) is 0.992. The molecule has 0 atom stereocenters. The molecule has 0 amide bonds. The Morgan fingerprint density at radius 2 is 1.96 bits per heavy atom. The maximum absolute atomic E-state index is 13.8. The molecule has 23 heavy (non-hydrogen) atoms. The Balaban J connectivity index is 1.56. The summed E-state index contributed by atoms with van der Waals surface area (Å²) in [5, 5.41) is 0. The van der Waals surface area contributed by atoms with Crippen molar-refractivity contribution in [2.75, 3.05) is 38.2 Å². The molecule has 4 nitrogen and oxygen atoms in total. The lowest BCUT2D eigenvalue weighted by Crippen LogP contribution is -2.46. The highest BCUT2D eigenvalue weighted by atomic mass is 79.9. The average molecular weight is 380 g/mol. The molecule has 2 aromatic rings. The van der Waals surface area contributed by atoms with Gasteiger partial charge in [0.2, 0.25) is 0 Å². The molecule has 1 aromatic heterocycles. The highest BCUT2D eigenvalue weighted by Gasteiger charge is 2.18. The van der Waals surface area contributed by atoms with Crippen LogP contribution in [0.15, 0.2) is 41.0 Å². The summed E-state index contributed by atoms with van der Waals surface area (Å²) in [5.41, 5.74) is 0.971. The van der Waals surface area contributed by atoms with E-state index in [9.17, 15) is 4.39 Å². The normalized spacial score (nSPS) is 15.7. The van der Waals surface area contributed by atoms with Crippen LogP contribution in [0, 0.1) is 5.82 Å². The molecule has 0 aliphatic carbocycles. The number of aromatic nitrogens is 1. The number of anilines is 1. The smallest absolute Gasteiger partial charge is 0.165 e. The molecular formula is C17H19BrFN3O. The average Bonchev–Trinajstić information content (AvgIpc) is 2.57. The van der Waals surface area contributed by atoms with Gasteiger partial charge in [0.1, 0.15) is 5.82 Å². The van der Waals surface area contributed by atoms with Crippen molar-refractivity contribution in [3.63, 3.8) is 0 Å². The standard InChI is InChI=1S/C17H19BrFN3O/c1-23-16-4-2-13(10-15(16)19)12-21-6-8-22(9-7-21)17-5-3-14(18)11-20-17/h2-5,10-11H,6-9,12H2,1H3. The zero-order valence-electron chi connectivity index (χ0n) is 13.0. The SMILES string of the molecule is COc1ccc(CN2CCN(c3ccc(Br)cn3)CC2)cc1F. The van der Waals surface area contributed by atoms with E-state index >= 15 is 0 Å². The summed E-state index contributed by atoms with van der Waals surface area (Å²) in [4.78, 5) is 9.04. The minimum absolute atomic E-state index is 0.292. The molecule has 6 heteroatoms. The van der Waals surface area contributed by atoms with E-state index in [1.807, 2.05) is 24.4 Å². The van der Waals surface area contributed by atoms with E-state index in [1.165, 1.54) is 7.11 Å². The minimum Gasteiger partial charge on any atom is -0.494 e. The lowest BCUT2D eigenvalue weighted by atomic mass is 10.2. The largest absolute Gasteiger partial charge is 0.494 e. The molecule has 1 fully saturated rings. The molecule has 0 N–H and O–H groups in total. The van der Waals surface area contributed by atoms with E-state index in [4.69, 9.17) is 4.74 Å². The van der Waals surface area contributed by atoms with Crippen molar-refractivity contribution in [2.45, 2.75) is 6.54 Å². The molecule has 122 valence electrons. The molecule has 0 radical (unpaired) electrons. The lowest BCUT2D eigenvalue weighted by Gasteiger charge is -2.35. The molecule has 1 aliphatic rings. The number of piperazine rings is 1. The maximum Gasteiger partial charge on any atom is 0.165 e. The lowest BCUT2D eigenvalue weighted by molar-refractivity contribution is 0.249. The molecule has 0 unspecified atom stereocenters. The summed E-state index contributed by atoms with van der Waals surface area (Å²) >= 11 is 3.40. The number of ether oxygens (including phenoxy) is 1. The van der Waals surface area contributed by atoms with E-state index in [-0.39, 0.29) is 5.82 Å². The van der Waals surface area contributed by atoms with E-state index in [2.05, 4.69) is 30.7 Å². The Morgan fingerprint density at radius 3 is 2.57 bits per heavy atom. The first-order valence-electron chi connectivity index (χ1n) is 7.57. The van der Waals surface area contributed by atoms with Gasteiger partial charge in [-0.2, -0.15) is 0 Å². The van der Waals surface area contributed by atoms with Crippen LogP contribution < -0.4 is 9.64 Å². The van der Waals surface area contributed by atoms with Gasteiger partial charge in [-0.15, -0.1) is 0 Å². The monoisotopic (exact) mass is 379 g/mol. The summed E-state index contributed by atoms with van der Waals surface area (Å²) in [6, 6.07) is 9.20. The molecule has 0 saturated carbocycles. The van der Waals surface area contributed by atoms with Crippen molar-refractivity contribution >= 4 is 21.7 Å². The van der Waals surface area contributed by atoms with Gasteiger partial charge in [-0.25, -0.2) is 9.37 Å². The van der Waals surface area contributed by atoms with Gasteiger partial charge in [0.05, 0.1) is 7.11 Å². The van der Waals surface area contributed by atoms with Crippen LogP contribution in [0.2, 0.25) is 0 Å². The fourth-order valence-electron chi connectivity index (χ4n) is 2.76. The number of rotatable bonds is 4. The predicted octanol–water partition coefficient (Wildman–Crippen LogP) is 3.31. The van der Waals surface area contributed by atoms with Crippen LogP contribution in [0.5, 0.6) is 5.75 Å². The van der Waals surface area contributed by atoms with Crippen molar-refractivity contribution < 1.29 is 9.13 Å². The Hall–Kier alpha value is -1.66. The third kappa shape index (κ3) is 4.00. The summed E-state index contributed by atoms with van der Waals surface area (Å²) in [7, 11) is 1.48. The van der Waals surface area contributed by atoms with Crippen LogP contribution in [0.4, 0.5) is 10.2 Å². The van der Waals surface area contributed by atoms with Crippen LogP contribution in [0.25, 0.3) is 0 Å². The Morgan fingerprint density at radius 1 is 1.17 bits per heavy atom. The van der Waals surface area contributed by atoms with E-state index < -0.39 is 0 Å². The zero-order chi connectivity index (χ0) is 16.2. The molecule has 3 rings (SSSR count). The predicted molar refractivity (Wildman–Crippen MR) is 92.4 cm³/mol. The highest BCUT2D eigenvalue weighted by molar-refractivity contribution is 9.10. The van der Waals surface area contributed by atoms with Gasteiger partial charge >= 0.3 is 0 Å². The van der Waals surface area contributed by atoms with Crippen molar-refractivity contribution in [3.05, 3.63) is 52.4 Å². The number of nitrogens with zero attached hydrogens (tertiary/aromatic N) is 3.